The molecule has 7 nitrogen and oxygen atoms in total. The lowest BCUT2D eigenvalue weighted by Gasteiger charge is -2.39. The predicted octanol–water partition coefficient (Wildman–Crippen LogP) is 2.76. The lowest BCUT2D eigenvalue weighted by atomic mass is 9.95. The summed E-state index contributed by atoms with van der Waals surface area (Å²) >= 11 is 0. The fraction of sp³-hybridized carbons (Fsp3) is 0.524. The number of nitrogens with zero attached hydrogens (tertiary/aromatic N) is 6. The number of anilines is 2. The molecule has 0 saturated carbocycles. The molecule has 0 spiro atoms. The number of carbonyl (C=O) groups excluding carboxylic acids is 1. The Morgan fingerprint density at radius 3 is 2.10 bits per heavy atom. The molecule has 0 unspecified atom stereocenters. The quantitative estimate of drug-likeness (QED) is 0.740. The molecule has 2 aliphatic rings. The minimum absolute atomic E-state index is 0.00889. The van der Waals surface area contributed by atoms with Crippen LogP contribution in [0.4, 0.5) is 24.8 Å². The van der Waals surface area contributed by atoms with Gasteiger partial charge in [-0.1, -0.05) is 0 Å². The Balaban J connectivity index is 1.27. The van der Waals surface area contributed by atoms with Crippen molar-refractivity contribution in [2.75, 3.05) is 49.1 Å². The number of carbonyl (C=O) groups is 1. The Kier molecular flexibility index (Phi) is 5.97. The first kappa shape index (κ1) is 21.3. The van der Waals surface area contributed by atoms with Gasteiger partial charge in [-0.25, -0.2) is 4.98 Å². The first-order valence-corrected chi connectivity index (χ1v) is 10.4. The van der Waals surface area contributed by atoms with E-state index in [2.05, 4.69) is 20.1 Å². The molecule has 4 heterocycles. The molecule has 0 N–H and O–H groups in total. The van der Waals surface area contributed by atoms with Crippen molar-refractivity contribution >= 4 is 17.5 Å². The smallest absolute Gasteiger partial charge is 0.355 e. The maximum absolute atomic E-state index is 13.0. The van der Waals surface area contributed by atoms with Crippen molar-refractivity contribution in [2.45, 2.75) is 25.9 Å². The Hall–Kier alpha value is -2.91. The van der Waals surface area contributed by atoms with Gasteiger partial charge in [0.25, 0.3) is 0 Å². The van der Waals surface area contributed by atoms with Crippen LogP contribution in [0.25, 0.3) is 0 Å². The van der Waals surface area contributed by atoms with Crippen LogP contribution in [0.1, 0.15) is 24.1 Å². The van der Waals surface area contributed by atoms with Crippen LogP contribution in [0, 0.1) is 12.8 Å². The van der Waals surface area contributed by atoms with Gasteiger partial charge in [0, 0.05) is 51.4 Å². The number of alkyl halides is 3. The molecule has 2 saturated heterocycles. The summed E-state index contributed by atoms with van der Waals surface area (Å²) in [5.74, 6) is 1.50. The average molecular weight is 434 g/mol. The molecule has 0 aliphatic carbocycles. The number of hydrogen-bond acceptors (Lipinski definition) is 6. The first-order chi connectivity index (χ1) is 14.8. The van der Waals surface area contributed by atoms with Crippen molar-refractivity contribution in [3.8, 4) is 0 Å². The van der Waals surface area contributed by atoms with Gasteiger partial charge in [0.15, 0.2) is 5.82 Å². The molecule has 1 amide bonds. The van der Waals surface area contributed by atoms with Gasteiger partial charge >= 0.3 is 6.18 Å². The van der Waals surface area contributed by atoms with E-state index in [0.717, 1.165) is 49.7 Å². The third kappa shape index (κ3) is 4.88. The second-order valence-electron chi connectivity index (χ2n) is 8.01. The topological polar surface area (TPSA) is 65.5 Å². The summed E-state index contributed by atoms with van der Waals surface area (Å²) in [5.41, 5.74) is 0.118. The summed E-state index contributed by atoms with van der Waals surface area (Å²) in [6, 6.07) is 6.33. The summed E-state index contributed by atoms with van der Waals surface area (Å²) in [6.07, 6.45) is -1.98. The average Bonchev–Trinajstić information content (AvgIpc) is 2.79. The van der Waals surface area contributed by atoms with Crippen molar-refractivity contribution in [3.63, 3.8) is 0 Å². The summed E-state index contributed by atoms with van der Waals surface area (Å²) < 4.78 is 38.1. The SMILES string of the molecule is Cc1ccc(N2CCC(C(=O)N3CCN(c4ccc(C(F)(F)F)cn4)CC3)CC2)nn1. The summed E-state index contributed by atoms with van der Waals surface area (Å²) in [6.45, 7) is 5.64. The molecule has 10 heteroatoms. The van der Waals surface area contributed by atoms with Gasteiger partial charge in [-0.2, -0.15) is 18.3 Å². The van der Waals surface area contributed by atoms with Gasteiger partial charge in [-0.3, -0.25) is 4.79 Å². The third-order valence-corrected chi connectivity index (χ3v) is 5.94. The molecule has 2 aromatic rings. The Bertz CT molecular complexity index is 887. The Labute approximate surface area is 178 Å². The van der Waals surface area contributed by atoms with Crippen LogP contribution in [-0.4, -0.2) is 65.3 Å². The summed E-state index contributed by atoms with van der Waals surface area (Å²) in [5, 5.41) is 8.32. The van der Waals surface area contributed by atoms with Crippen LogP contribution in [-0.2, 0) is 11.0 Å². The number of aromatic nitrogens is 3. The van der Waals surface area contributed by atoms with E-state index in [1.54, 1.807) is 0 Å². The standard InChI is InChI=1S/C21H25F3N6O/c1-15-2-4-19(27-26-15)28-8-6-16(7-9-28)20(31)30-12-10-29(11-13-30)18-5-3-17(14-25-18)21(22,23)24/h2-5,14,16H,6-13H2,1H3. The fourth-order valence-electron chi connectivity index (χ4n) is 4.07. The van der Waals surface area contributed by atoms with Crippen LogP contribution >= 0.6 is 0 Å². The lowest BCUT2D eigenvalue weighted by molar-refractivity contribution is -0.138. The number of rotatable bonds is 3. The van der Waals surface area contributed by atoms with Crippen LogP contribution in [0.5, 0.6) is 0 Å². The zero-order chi connectivity index (χ0) is 22.0. The van der Waals surface area contributed by atoms with Crippen molar-refractivity contribution in [1.29, 1.82) is 0 Å². The van der Waals surface area contributed by atoms with E-state index in [0.29, 0.717) is 32.0 Å². The molecular weight excluding hydrogens is 409 g/mol. The van der Waals surface area contributed by atoms with Gasteiger partial charge in [0.05, 0.1) is 11.3 Å². The van der Waals surface area contributed by atoms with Crippen LogP contribution < -0.4 is 9.80 Å². The molecule has 0 atom stereocenters. The number of hydrogen-bond donors (Lipinski definition) is 0. The molecule has 2 aromatic heterocycles. The third-order valence-electron chi connectivity index (χ3n) is 5.94. The maximum atomic E-state index is 13.0. The van der Waals surface area contributed by atoms with E-state index in [4.69, 9.17) is 0 Å². The summed E-state index contributed by atoms with van der Waals surface area (Å²) in [7, 11) is 0. The monoisotopic (exact) mass is 434 g/mol. The fourth-order valence-corrected chi connectivity index (χ4v) is 4.07. The predicted molar refractivity (Wildman–Crippen MR) is 110 cm³/mol. The van der Waals surface area contributed by atoms with E-state index in [1.807, 2.05) is 28.9 Å². The van der Waals surface area contributed by atoms with E-state index < -0.39 is 11.7 Å². The number of amides is 1. The van der Waals surface area contributed by atoms with Crippen LogP contribution in [0.3, 0.4) is 0 Å². The highest BCUT2D eigenvalue weighted by molar-refractivity contribution is 5.79. The molecule has 166 valence electrons. The number of piperidine rings is 1. The molecule has 2 fully saturated rings. The molecule has 0 bridgehead atoms. The highest BCUT2D eigenvalue weighted by Gasteiger charge is 2.32. The Morgan fingerprint density at radius 2 is 1.55 bits per heavy atom. The van der Waals surface area contributed by atoms with Crippen molar-refractivity contribution in [2.24, 2.45) is 5.92 Å². The van der Waals surface area contributed by atoms with E-state index >= 15 is 0 Å². The second kappa shape index (κ2) is 8.68. The van der Waals surface area contributed by atoms with Gasteiger partial charge < -0.3 is 14.7 Å². The minimum Gasteiger partial charge on any atom is -0.355 e. The molecule has 31 heavy (non-hydrogen) atoms. The Morgan fingerprint density at radius 1 is 0.903 bits per heavy atom. The zero-order valence-electron chi connectivity index (χ0n) is 17.3. The number of aryl methyl sites for hydroxylation is 1. The zero-order valence-corrected chi connectivity index (χ0v) is 17.3. The highest BCUT2D eigenvalue weighted by atomic mass is 19.4. The van der Waals surface area contributed by atoms with Crippen molar-refractivity contribution < 1.29 is 18.0 Å². The summed E-state index contributed by atoms with van der Waals surface area (Å²) in [4.78, 5) is 22.9. The molecule has 4 rings (SSSR count). The van der Waals surface area contributed by atoms with Gasteiger partial charge in [-0.15, -0.1) is 5.10 Å². The molecule has 2 aliphatic heterocycles. The van der Waals surface area contributed by atoms with Gasteiger partial charge in [0.2, 0.25) is 5.91 Å². The van der Waals surface area contributed by atoms with Crippen molar-refractivity contribution in [3.05, 3.63) is 41.7 Å². The first-order valence-electron chi connectivity index (χ1n) is 10.4. The number of piperazine rings is 1. The normalized spacial score (nSPS) is 18.4. The number of pyridine rings is 1. The van der Waals surface area contributed by atoms with Crippen molar-refractivity contribution in [1.82, 2.24) is 20.1 Å². The van der Waals surface area contributed by atoms with Gasteiger partial charge in [-0.05, 0) is 44.0 Å². The van der Waals surface area contributed by atoms with E-state index in [-0.39, 0.29) is 11.8 Å². The highest BCUT2D eigenvalue weighted by Crippen LogP contribution is 2.30. The maximum Gasteiger partial charge on any atom is 0.417 e. The minimum atomic E-state index is -4.39. The largest absolute Gasteiger partial charge is 0.417 e. The molecular formula is C21H25F3N6O. The molecule has 0 radical (unpaired) electrons. The molecule has 0 aromatic carbocycles. The van der Waals surface area contributed by atoms with E-state index in [1.165, 1.54) is 6.07 Å². The van der Waals surface area contributed by atoms with E-state index in [9.17, 15) is 18.0 Å². The van der Waals surface area contributed by atoms with Gasteiger partial charge in [0.1, 0.15) is 5.82 Å². The number of halogens is 3. The lowest BCUT2D eigenvalue weighted by Crippen LogP contribution is -2.52. The van der Waals surface area contributed by atoms with Crippen LogP contribution in [0.2, 0.25) is 0 Å². The van der Waals surface area contributed by atoms with Crippen LogP contribution in [0.15, 0.2) is 30.5 Å². The second-order valence-corrected chi connectivity index (χ2v) is 8.01.